The summed E-state index contributed by atoms with van der Waals surface area (Å²) in [6.07, 6.45) is 7.20. The number of rotatable bonds is 2. The van der Waals surface area contributed by atoms with E-state index in [9.17, 15) is 4.79 Å². The van der Waals surface area contributed by atoms with Gasteiger partial charge in [-0.25, -0.2) is 0 Å². The van der Waals surface area contributed by atoms with Gasteiger partial charge in [0.15, 0.2) is 0 Å². The molecule has 0 saturated carbocycles. The van der Waals surface area contributed by atoms with Crippen molar-refractivity contribution in [3.8, 4) is 0 Å². The van der Waals surface area contributed by atoms with E-state index < -0.39 is 0 Å². The van der Waals surface area contributed by atoms with Crippen molar-refractivity contribution in [2.24, 2.45) is 0 Å². The van der Waals surface area contributed by atoms with Crippen LogP contribution in [0.2, 0.25) is 0 Å². The molecule has 0 aromatic rings. The molecule has 0 aromatic heterocycles. The van der Waals surface area contributed by atoms with Gasteiger partial charge in [0.1, 0.15) is 0 Å². The first-order valence-electron chi connectivity index (χ1n) is 7.83. The minimum absolute atomic E-state index is 0.321. The van der Waals surface area contributed by atoms with Gasteiger partial charge in [0, 0.05) is 18.1 Å². The summed E-state index contributed by atoms with van der Waals surface area (Å²) in [7, 11) is 2.27. The lowest BCUT2D eigenvalue weighted by Gasteiger charge is -2.49. The Balaban J connectivity index is 1.73. The predicted octanol–water partition coefficient (Wildman–Crippen LogP) is 1.56. The summed E-state index contributed by atoms with van der Waals surface area (Å²) in [4.78, 5) is 17.3. The smallest absolute Gasteiger partial charge is 0.243 e. The number of nitrogens with one attached hydrogen (secondary N) is 1. The molecule has 3 fully saturated rings. The van der Waals surface area contributed by atoms with Gasteiger partial charge in [0.2, 0.25) is 5.91 Å². The molecule has 108 valence electrons. The highest BCUT2D eigenvalue weighted by molar-refractivity contribution is 5.88. The third-order valence-electron chi connectivity index (χ3n) is 5.84. The van der Waals surface area contributed by atoms with E-state index in [4.69, 9.17) is 0 Å². The Morgan fingerprint density at radius 1 is 1.26 bits per heavy atom. The maximum Gasteiger partial charge on any atom is 0.243 e. The molecule has 0 aliphatic carbocycles. The normalized spacial score (nSPS) is 43.8. The number of piperidine rings is 2. The predicted molar refractivity (Wildman–Crippen MR) is 75.8 cm³/mol. The molecule has 3 atom stereocenters. The van der Waals surface area contributed by atoms with E-state index in [-0.39, 0.29) is 5.54 Å². The quantitative estimate of drug-likeness (QED) is 0.823. The summed E-state index contributed by atoms with van der Waals surface area (Å²) in [5.41, 5.74) is -0.321. The molecular weight excluding hydrogens is 238 g/mol. The van der Waals surface area contributed by atoms with Gasteiger partial charge in [-0.15, -0.1) is 0 Å². The lowest BCUT2D eigenvalue weighted by Crippen LogP contribution is -2.56. The molecule has 3 unspecified atom stereocenters. The molecule has 3 heterocycles. The van der Waals surface area contributed by atoms with Gasteiger partial charge in [-0.3, -0.25) is 10.1 Å². The zero-order chi connectivity index (χ0) is 13.6. The fourth-order valence-electron chi connectivity index (χ4n) is 4.14. The average molecular weight is 265 g/mol. The first kappa shape index (κ1) is 13.4. The number of fused-ring (bicyclic) bond motifs is 2. The highest BCUT2D eigenvalue weighted by Crippen LogP contribution is 2.36. The summed E-state index contributed by atoms with van der Waals surface area (Å²) in [5.74, 6) is 0.322. The zero-order valence-electron chi connectivity index (χ0n) is 12.5. The van der Waals surface area contributed by atoms with Crippen LogP contribution in [0, 0.1) is 0 Å². The molecule has 2 bridgehead atoms. The van der Waals surface area contributed by atoms with Crippen LogP contribution in [-0.4, -0.2) is 53.1 Å². The lowest BCUT2D eigenvalue weighted by atomic mass is 9.81. The number of nitrogens with zero attached hydrogens (tertiary/aromatic N) is 2. The van der Waals surface area contributed by atoms with Crippen LogP contribution in [0.25, 0.3) is 0 Å². The van der Waals surface area contributed by atoms with Gasteiger partial charge in [0.05, 0.1) is 12.2 Å². The van der Waals surface area contributed by atoms with Crippen LogP contribution in [0.15, 0.2) is 0 Å². The van der Waals surface area contributed by atoms with Crippen LogP contribution in [0.4, 0.5) is 0 Å². The average Bonchev–Trinajstić information content (AvgIpc) is 2.67. The molecule has 4 heteroatoms. The maximum absolute atomic E-state index is 12.6. The second kappa shape index (κ2) is 4.74. The Labute approximate surface area is 116 Å². The van der Waals surface area contributed by atoms with E-state index in [1.54, 1.807) is 0 Å². The molecule has 3 aliphatic rings. The van der Waals surface area contributed by atoms with Gasteiger partial charge in [-0.2, -0.15) is 0 Å². The van der Waals surface area contributed by atoms with E-state index in [1.807, 2.05) is 6.92 Å². The summed E-state index contributed by atoms with van der Waals surface area (Å²) >= 11 is 0. The molecule has 3 aliphatic heterocycles. The van der Waals surface area contributed by atoms with Crippen molar-refractivity contribution in [2.45, 2.75) is 76.0 Å². The van der Waals surface area contributed by atoms with Crippen molar-refractivity contribution in [3.63, 3.8) is 0 Å². The Morgan fingerprint density at radius 2 is 1.89 bits per heavy atom. The monoisotopic (exact) mass is 265 g/mol. The van der Waals surface area contributed by atoms with Gasteiger partial charge in [-0.1, -0.05) is 13.3 Å². The highest BCUT2D eigenvalue weighted by Gasteiger charge is 2.46. The molecule has 1 N–H and O–H groups in total. The number of carbonyl (C=O) groups excluding carboxylic acids is 1. The van der Waals surface area contributed by atoms with E-state index in [2.05, 4.69) is 29.1 Å². The largest absolute Gasteiger partial charge is 0.325 e. The molecule has 19 heavy (non-hydrogen) atoms. The molecule has 0 aromatic carbocycles. The molecule has 3 rings (SSSR count). The van der Waals surface area contributed by atoms with Crippen molar-refractivity contribution in [2.75, 3.05) is 13.7 Å². The van der Waals surface area contributed by atoms with Gasteiger partial charge < -0.3 is 9.80 Å². The second-order valence-corrected chi connectivity index (χ2v) is 6.82. The fraction of sp³-hybridized carbons (Fsp3) is 0.933. The van der Waals surface area contributed by atoms with E-state index in [1.165, 1.54) is 32.1 Å². The number of carbonyl (C=O) groups is 1. The Morgan fingerprint density at radius 3 is 2.42 bits per heavy atom. The Hall–Kier alpha value is -0.610. The third-order valence-corrected chi connectivity index (χ3v) is 5.84. The molecule has 0 spiro atoms. The SMILES string of the molecule is CCC1(C)NCN(C2CC3CCCC(C2)N3C)C1=O. The van der Waals surface area contributed by atoms with E-state index in [0.29, 0.717) is 24.0 Å². The van der Waals surface area contributed by atoms with Crippen LogP contribution in [0.5, 0.6) is 0 Å². The Kier molecular flexibility index (Phi) is 3.34. The lowest BCUT2D eigenvalue weighted by molar-refractivity contribution is -0.136. The Bertz CT molecular complexity index is 358. The van der Waals surface area contributed by atoms with Crippen LogP contribution < -0.4 is 5.32 Å². The first-order chi connectivity index (χ1) is 9.05. The number of amides is 1. The van der Waals surface area contributed by atoms with E-state index >= 15 is 0 Å². The van der Waals surface area contributed by atoms with Crippen LogP contribution in [0.3, 0.4) is 0 Å². The second-order valence-electron chi connectivity index (χ2n) is 6.82. The summed E-state index contributed by atoms with van der Waals surface area (Å²) in [6.45, 7) is 4.89. The van der Waals surface area contributed by atoms with Crippen LogP contribution in [0.1, 0.15) is 52.4 Å². The van der Waals surface area contributed by atoms with Crippen molar-refractivity contribution in [1.29, 1.82) is 0 Å². The van der Waals surface area contributed by atoms with Crippen LogP contribution in [-0.2, 0) is 4.79 Å². The van der Waals surface area contributed by atoms with Gasteiger partial charge in [-0.05, 0) is 46.1 Å². The van der Waals surface area contributed by atoms with Crippen molar-refractivity contribution in [1.82, 2.24) is 15.1 Å². The van der Waals surface area contributed by atoms with Crippen molar-refractivity contribution < 1.29 is 4.79 Å². The highest BCUT2D eigenvalue weighted by atomic mass is 16.2. The van der Waals surface area contributed by atoms with Gasteiger partial charge in [0.25, 0.3) is 0 Å². The third kappa shape index (κ3) is 2.09. The van der Waals surface area contributed by atoms with Crippen molar-refractivity contribution in [3.05, 3.63) is 0 Å². The molecule has 3 saturated heterocycles. The minimum Gasteiger partial charge on any atom is -0.325 e. The first-order valence-corrected chi connectivity index (χ1v) is 7.83. The summed E-state index contributed by atoms with van der Waals surface area (Å²) in [5, 5.41) is 3.42. The summed E-state index contributed by atoms with van der Waals surface area (Å²) < 4.78 is 0. The number of hydrogen-bond donors (Lipinski definition) is 1. The van der Waals surface area contributed by atoms with Crippen LogP contribution >= 0.6 is 0 Å². The standard InChI is InChI=1S/C15H27N3O/c1-4-15(2)14(19)18(10-16-15)13-8-11-6-5-7-12(9-13)17(11)3/h11-13,16H,4-10H2,1-3H3. The van der Waals surface area contributed by atoms with Gasteiger partial charge >= 0.3 is 0 Å². The maximum atomic E-state index is 12.6. The fourth-order valence-corrected chi connectivity index (χ4v) is 4.14. The number of hydrogen-bond acceptors (Lipinski definition) is 3. The topological polar surface area (TPSA) is 35.6 Å². The zero-order valence-corrected chi connectivity index (χ0v) is 12.5. The van der Waals surface area contributed by atoms with E-state index in [0.717, 1.165) is 13.1 Å². The molecule has 0 radical (unpaired) electrons. The summed E-state index contributed by atoms with van der Waals surface area (Å²) in [6, 6.07) is 1.84. The molecule has 1 amide bonds. The minimum atomic E-state index is -0.321. The molecule has 4 nitrogen and oxygen atoms in total. The molecular formula is C15H27N3O. The van der Waals surface area contributed by atoms with Crippen molar-refractivity contribution >= 4 is 5.91 Å².